The van der Waals surface area contributed by atoms with Crippen LogP contribution in [0, 0.1) is 11.8 Å². The van der Waals surface area contributed by atoms with Gasteiger partial charge in [0.05, 0.1) is 0 Å². The van der Waals surface area contributed by atoms with Gasteiger partial charge < -0.3 is 24.8 Å². The number of benzene rings is 2. The Bertz CT molecular complexity index is 1150. The molecule has 4 heteroatoms. The molecule has 0 atom stereocenters. The summed E-state index contributed by atoms with van der Waals surface area (Å²) in [7, 11) is 0. The molecule has 0 aliphatic rings. The van der Waals surface area contributed by atoms with Crippen LogP contribution in [0.5, 0.6) is 0 Å². The van der Waals surface area contributed by atoms with E-state index in [9.17, 15) is 0 Å². The van der Waals surface area contributed by atoms with Crippen molar-refractivity contribution in [2.24, 2.45) is 11.8 Å². The van der Waals surface area contributed by atoms with Crippen LogP contribution in [0.15, 0.2) is 60.7 Å². The second kappa shape index (κ2) is 17.9. The molecule has 0 unspecified atom stereocenters. The van der Waals surface area contributed by atoms with Crippen LogP contribution in [0.2, 0.25) is 13.1 Å². The van der Waals surface area contributed by atoms with Crippen LogP contribution >= 0.6 is 0 Å². The van der Waals surface area contributed by atoms with E-state index >= 15 is 0 Å². The van der Waals surface area contributed by atoms with Gasteiger partial charge in [-0.2, -0.15) is 12.1 Å². The van der Waals surface area contributed by atoms with Gasteiger partial charge in [-0.05, 0) is 36.5 Å². The van der Waals surface area contributed by atoms with Crippen LogP contribution < -0.4 is 24.8 Å². The molecule has 0 bridgehead atoms. The predicted molar refractivity (Wildman–Crippen MR) is 162 cm³/mol. The smallest absolute Gasteiger partial charge is 1.00 e. The third-order valence-corrected chi connectivity index (χ3v) is 6.21. The van der Waals surface area contributed by atoms with Gasteiger partial charge in [0.1, 0.15) is 0 Å². The zero-order chi connectivity index (χ0) is 27.0. The van der Waals surface area contributed by atoms with E-state index in [1.54, 1.807) is 23.3 Å². The number of halogens is 2. The molecule has 0 radical (unpaired) electrons. The van der Waals surface area contributed by atoms with E-state index in [2.05, 4.69) is 129 Å². The van der Waals surface area contributed by atoms with Gasteiger partial charge in [-0.3, -0.25) is 0 Å². The average molecular weight is 647 g/mol. The summed E-state index contributed by atoms with van der Waals surface area (Å²) in [5, 5.41) is 5.58. The summed E-state index contributed by atoms with van der Waals surface area (Å²) in [6.45, 7) is 22.7. The largest absolute Gasteiger partial charge is 1.00 e. The Morgan fingerprint density at radius 2 is 0.921 bits per heavy atom. The van der Waals surface area contributed by atoms with Crippen LogP contribution in [0.3, 0.4) is 0 Å². The molecule has 0 spiro atoms. The molecule has 0 fully saturated rings. The van der Waals surface area contributed by atoms with E-state index in [0.29, 0.717) is 11.8 Å². The van der Waals surface area contributed by atoms with Gasteiger partial charge in [-0.1, -0.05) is 66.5 Å². The summed E-state index contributed by atoms with van der Waals surface area (Å²) < 4.78 is 0. The van der Waals surface area contributed by atoms with Crippen molar-refractivity contribution in [1.82, 2.24) is 0 Å². The van der Waals surface area contributed by atoms with E-state index < -0.39 is 0 Å². The monoisotopic (exact) mass is 644 g/mol. The van der Waals surface area contributed by atoms with Crippen molar-refractivity contribution in [3.8, 4) is 0 Å². The molecule has 0 aromatic heterocycles. The Hall–Kier alpha value is -0.660. The minimum absolute atomic E-state index is 0. The molecule has 0 N–H and O–H groups in total. The summed E-state index contributed by atoms with van der Waals surface area (Å²) in [6.07, 6.45) is 2.36. The molecule has 0 nitrogen and oxygen atoms in total. The van der Waals surface area contributed by atoms with Gasteiger partial charge in [-0.15, -0.1) is 81.2 Å². The van der Waals surface area contributed by atoms with E-state index in [1.807, 2.05) is 0 Å². The van der Waals surface area contributed by atoms with Gasteiger partial charge in [0.2, 0.25) is 0 Å². The molecular weight excluding hydrogens is 599 g/mol. The van der Waals surface area contributed by atoms with Gasteiger partial charge in [0, 0.05) is 0 Å². The quantitative estimate of drug-likeness (QED) is 0.213. The van der Waals surface area contributed by atoms with Crippen molar-refractivity contribution in [3.05, 3.63) is 82.9 Å². The molecule has 0 heterocycles. The first kappa shape index (κ1) is 37.3. The first-order chi connectivity index (χ1) is 16.8. The number of rotatable bonds is 6. The maximum Gasteiger partial charge on any atom is -1.00 e. The molecule has 208 valence electrons. The SMILES string of the molecule is CC(C)Cc1ccc2[cH-]c(C(C)C)cc2c1.CC(C)Cc1ccc2[cH-]c(C(C)C)cc2c1.C[Si](C)=[Zr+2].[Cl-].[Cl-]. The molecule has 0 aliphatic carbocycles. The third kappa shape index (κ3) is 12.7. The maximum absolute atomic E-state index is 2.35. The number of hydrogen-bond donors (Lipinski definition) is 0. The molecule has 0 amide bonds. The van der Waals surface area contributed by atoms with E-state index in [4.69, 9.17) is 0 Å². The Kier molecular flexibility index (Phi) is 17.6. The fourth-order valence-electron chi connectivity index (χ4n) is 4.43. The molecular formula is C34H48Cl2SiZr-2. The van der Waals surface area contributed by atoms with E-state index in [0.717, 1.165) is 11.8 Å². The molecule has 4 aromatic rings. The van der Waals surface area contributed by atoms with E-state index in [-0.39, 0.29) is 30.2 Å². The van der Waals surface area contributed by atoms with Crippen LogP contribution in [0.1, 0.15) is 89.5 Å². The number of hydrogen-bond acceptors (Lipinski definition) is 0. The number of fused-ring (bicyclic) bond motifs is 2. The predicted octanol–water partition coefficient (Wildman–Crippen LogP) is 4.55. The molecule has 4 rings (SSSR count). The van der Waals surface area contributed by atoms with Gasteiger partial charge >= 0.3 is 41.9 Å². The van der Waals surface area contributed by atoms with Crippen LogP contribution in [-0.2, 0) is 36.2 Å². The van der Waals surface area contributed by atoms with Crippen LogP contribution in [-0.4, -0.2) is 5.43 Å². The first-order valence-corrected chi connectivity index (χ1v) is 19.9. The second-order valence-corrected chi connectivity index (χ2v) is 21.4. The fourth-order valence-corrected chi connectivity index (χ4v) is 4.43. The van der Waals surface area contributed by atoms with Crippen molar-refractivity contribution < 1.29 is 48.1 Å². The molecule has 38 heavy (non-hydrogen) atoms. The van der Waals surface area contributed by atoms with Crippen molar-refractivity contribution >= 4 is 27.0 Å². The summed E-state index contributed by atoms with van der Waals surface area (Å²) in [5.74, 6) is 2.72. The van der Waals surface area contributed by atoms with Crippen LogP contribution in [0.25, 0.3) is 21.5 Å². The average Bonchev–Trinajstić information content (AvgIpc) is 3.36. The summed E-state index contributed by atoms with van der Waals surface area (Å²) >= 11 is 1.74. The minimum atomic E-state index is 0. The van der Waals surface area contributed by atoms with Gasteiger partial charge in [0.25, 0.3) is 0 Å². The fraction of sp³-hybridized carbons (Fsp3) is 0.471. The third-order valence-electron chi connectivity index (χ3n) is 6.21. The second-order valence-electron chi connectivity index (χ2n) is 12.0. The van der Waals surface area contributed by atoms with Crippen molar-refractivity contribution in [2.45, 2.75) is 93.2 Å². The molecule has 0 saturated carbocycles. The van der Waals surface area contributed by atoms with Crippen molar-refractivity contribution in [1.29, 1.82) is 0 Å². The Labute approximate surface area is 261 Å². The summed E-state index contributed by atoms with van der Waals surface area (Å²) in [5.41, 5.74) is 6.04. The first-order valence-electron chi connectivity index (χ1n) is 13.8. The molecule has 0 aliphatic heterocycles. The van der Waals surface area contributed by atoms with E-state index in [1.165, 1.54) is 56.6 Å². The Morgan fingerprint density at radius 3 is 1.18 bits per heavy atom. The van der Waals surface area contributed by atoms with Gasteiger partial charge in [0.15, 0.2) is 0 Å². The maximum atomic E-state index is 2.35. The standard InChI is InChI=1S/2C16H21.C2H6Si.2ClH.Zr/c2*1-11(2)7-13-5-6-14-9-15(12(3)4)10-16(14)8-13;1-3-2;;;/h2*5-6,8-12H,7H2,1-4H3;1-2H3;2*1H;/q2*-1;;;;+2/p-2. The minimum Gasteiger partial charge on any atom is -1.00 e. The zero-order valence-corrected chi connectivity index (χ0v) is 30.2. The Morgan fingerprint density at radius 1 is 0.605 bits per heavy atom. The van der Waals surface area contributed by atoms with Crippen molar-refractivity contribution in [3.63, 3.8) is 0 Å². The summed E-state index contributed by atoms with van der Waals surface area (Å²) in [4.78, 5) is 0. The zero-order valence-electron chi connectivity index (χ0n) is 25.3. The molecule has 0 saturated heterocycles. The summed E-state index contributed by atoms with van der Waals surface area (Å²) in [6, 6.07) is 23.1. The normalized spacial score (nSPS) is 10.7. The molecule has 4 aromatic carbocycles. The Balaban J connectivity index is 0.000000604. The van der Waals surface area contributed by atoms with Crippen molar-refractivity contribution in [2.75, 3.05) is 0 Å². The van der Waals surface area contributed by atoms with Gasteiger partial charge in [-0.25, -0.2) is 0 Å². The van der Waals surface area contributed by atoms with Crippen LogP contribution in [0.4, 0.5) is 0 Å². The topological polar surface area (TPSA) is 0 Å².